The van der Waals surface area contributed by atoms with E-state index in [1.165, 1.54) is 11.8 Å². The van der Waals surface area contributed by atoms with E-state index in [1.54, 1.807) is 0 Å². The Morgan fingerprint density at radius 1 is 1.20 bits per heavy atom. The molecule has 3 N–H and O–H groups in total. The van der Waals surface area contributed by atoms with E-state index >= 15 is 0 Å². The van der Waals surface area contributed by atoms with Gasteiger partial charge in [-0.3, -0.25) is 4.79 Å². The third kappa shape index (κ3) is 3.78. The van der Waals surface area contributed by atoms with E-state index in [1.807, 2.05) is 62.4 Å². The molecule has 104 valence electrons. The predicted octanol–water partition coefficient (Wildman–Crippen LogP) is 3.70. The lowest BCUT2D eigenvalue weighted by atomic mass is 10.2. The predicted molar refractivity (Wildman–Crippen MR) is 86.0 cm³/mol. The average molecular weight is 286 g/mol. The Hall–Kier alpha value is -1.94. The van der Waals surface area contributed by atoms with Crippen LogP contribution in [-0.4, -0.2) is 11.2 Å². The Bertz CT molecular complexity index is 613. The van der Waals surface area contributed by atoms with Crippen molar-refractivity contribution in [3.05, 3.63) is 54.1 Å². The molecule has 0 saturated heterocycles. The monoisotopic (exact) mass is 286 g/mol. The van der Waals surface area contributed by atoms with Gasteiger partial charge < -0.3 is 11.1 Å². The molecule has 3 nitrogen and oxygen atoms in total. The summed E-state index contributed by atoms with van der Waals surface area (Å²) in [5.41, 5.74) is 8.53. The zero-order valence-corrected chi connectivity index (χ0v) is 12.4. The number of carbonyl (C=O) groups excluding carboxylic acids is 1. The van der Waals surface area contributed by atoms with Gasteiger partial charge in [0.15, 0.2) is 0 Å². The van der Waals surface area contributed by atoms with Crippen molar-refractivity contribution in [2.75, 3.05) is 11.1 Å². The number of hydrogen-bond donors (Lipinski definition) is 2. The van der Waals surface area contributed by atoms with Gasteiger partial charge in [-0.15, -0.1) is 11.8 Å². The van der Waals surface area contributed by atoms with Crippen molar-refractivity contribution in [3.8, 4) is 0 Å². The third-order valence-electron chi connectivity index (χ3n) is 2.88. The molecule has 4 heteroatoms. The number of aryl methyl sites for hydroxylation is 1. The number of para-hydroxylation sites is 1. The first-order valence-electron chi connectivity index (χ1n) is 6.45. The first-order chi connectivity index (χ1) is 9.56. The topological polar surface area (TPSA) is 55.1 Å². The van der Waals surface area contributed by atoms with Crippen LogP contribution in [0.1, 0.15) is 12.5 Å². The van der Waals surface area contributed by atoms with Crippen LogP contribution in [-0.2, 0) is 4.79 Å². The Kier molecular flexibility index (Phi) is 4.69. The fourth-order valence-electron chi connectivity index (χ4n) is 1.80. The van der Waals surface area contributed by atoms with E-state index in [0.717, 1.165) is 16.1 Å². The average Bonchev–Trinajstić information content (AvgIpc) is 2.41. The molecule has 0 aliphatic carbocycles. The molecule has 0 bridgehead atoms. The van der Waals surface area contributed by atoms with Crippen LogP contribution < -0.4 is 11.1 Å². The SMILES string of the molecule is Cc1cccc(NC(=O)C(C)Sc2ccccc2N)c1. The molecule has 20 heavy (non-hydrogen) atoms. The smallest absolute Gasteiger partial charge is 0.237 e. The molecular weight excluding hydrogens is 268 g/mol. The minimum Gasteiger partial charge on any atom is -0.398 e. The normalized spacial score (nSPS) is 11.9. The van der Waals surface area contributed by atoms with Crippen molar-refractivity contribution in [2.24, 2.45) is 0 Å². The van der Waals surface area contributed by atoms with E-state index < -0.39 is 0 Å². The highest BCUT2D eigenvalue weighted by Crippen LogP contribution is 2.28. The summed E-state index contributed by atoms with van der Waals surface area (Å²) in [4.78, 5) is 13.1. The highest BCUT2D eigenvalue weighted by molar-refractivity contribution is 8.00. The Morgan fingerprint density at radius 3 is 2.65 bits per heavy atom. The quantitative estimate of drug-likeness (QED) is 0.665. The van der Waals surface area contributed by atoms with Crippen molar-refractivity contribution in [1.82, 2.24) is 0 Å². The first kappa shape index (κ1) is 14.5. The standard InChI is InChI=1S/C16H18N2OS/c1-11-6-5-7-13(10-11)18-16(19)12(2)20-15-9-4-3-8-14(15)17/h3-10,12H,17H2,1-2H3,(H,18,19). The largest absolute Gasteiger partial charge is 0.398 e. The third-order valence-corrected chi connectivity index (χ3v) is 4.07. The van der Waals surface area contributed by atoms with E-state index in [-0.39, 0.29) is 11.2 Å². The number of rotatable bonds is 4. The lowest BCUT2D eigenvalue weighted by Crippen LogP contribution is -2.22. The molecule has 2 aromatic rings. The first-order valence-corrected chi connectivity index (χ1v) is 7.33. The van der Waals surface area contributed by atoms with Crippen LogP contribution in [0.2, 0.25) is 0 Å². The van der Waals surface area contributed by atoms with Gasteiger partial charge in [0.25, 0.3) is 0 Å². The summed E-state index contributed by atoms with van der Waals surface area (Å²) in [6.45, 7) is 3.88. The summed E-state index contributed by atoms with van der Waals surface area (Å²) in [5.74, 6) is -0.0242. The summed E-state index contributed by atoms with van der Waals surface area (Å²) in [6.07, 6.45) is 0. The Morgan fingerprint density at radius 2 is 1.95 bits per heavy atom. The Balaban J connectivity index is 2.01. The van der Waals surface area contributed by atoms with Crippen molar-refractivity contribution in [3.63, 3.8) is 0 Å². The maximum Gasteiger partial charge on any atom is 0.237 e. The number of hydrogen-bond acceptors (Lipinski definition) is 3. The lowest BCUT2D eigenvalue weighted by Gasteiger charge is -2.13. The fraction of sp³-hybridized carbons (Fsp3) is 0.188. The van der Waals surface area contributed by atoms with Crippen molar-refractivity contribution < 1.29 is 4.79 Å². The zero-order chi connectivity index (χ0) is 14.5. The van der Waals surface area contributed by atoms with Crippen LogP contribution in [0.3, 0.4) is 0 Å². The number of anilines is 2. The van der Waals surface area contributed by atoms with E-state index in [4.69, 9.17) is 5.73 Å². The molecule has 1 amide bonds. The summed E-state index contributed by atoms with van der Waals surface area (Å²) in [6, 6.07) is 15.3. The van der Waals surface area contributed by atoms with Gasteiger partial charge in [0.1, 0.15) is 0 Å². The molecular formula is C16H18N2OS. The van der Waals surface area contributed by atoms with E-state index in [2.05, 4.69) is 5.32 Å². The maximum atomic E-state index is 12.2. The fourth-order valence-corrected chi connectivity index (χ4v) is 2.71. The summed E-state index contributed by atoms with van der Waals surface area (Å²) < 4.78 is 0. The molecule has 1 unspecified atom stereocenters. The second kappa shape index (κ2) is 6.48. The molecule has 0 aromatic heterocycles. The number of carbonyl (C=O) groups is 1. The number of nitrogens with one attached hydrogen (secondary N) is 1. The number of nitrogen functional groups attached to an aromatic ring is 1. The lowest BCUT2D eigenvalue weighted by molar-refractivity contribution is -0.115. The second-order valence-corrected chi connectivity index (χ2v) is 6.04. The molecule has 0 radical (unpaired) electrons. The van der Waals surface area contributed by atoms with Gasteiger partial charge >= 0.3 is 0 Å². The van der Waals surface area contributed by atoms with Crippen LogP contribution in [0.4, 0.5) is 11.4 Å². The van der Waals surface area contributed by atoms with Crippen molar-refractivity contribution in [2.45, 2.75) is 24.0 Å². The van der Waals surface area contributed by atoms with Gasteiger partial charge in [-0.2, -0.15) is 0 Å². The summed E-state index contributed by atoms with van der Waals surface area (Å²) >= 11 is 1.46. The van der Waals surface area contributed by atoms with Crippen LogP contribution in [0.25, 0.3) is 0 Å². The Labute approximate surface area is 123 Å². The molecule has 0 fully saturated rings. The number of amides is 1. The maximum absolute atomic E-state index is 12.2. The minimum atomic E-state index is -0.208. The number of thioether (sulfide) groups is 1. The summed E-state index contributed by atoms with van der Waals surface area (Å²) in [7, 11) is 0. The molecule has 0 spiro atoms. The molecule has 2 aromatic carbocycles. The van der Waals surface area contributed by atoms with Gasteiger partial charge in [-0.1, -0.05) is 24.3 Å². The van der Waals surface area contributed by atoms with Gasteiger partial charge in [0.2, 0.25) is 5.91 Å². The number of benzene rings is 2. The molecule has 2 rings (SSSR count). The molecule has 0 aliphatic heterocycles. The van der Waals surface area contributed by atoms with Gasteiger partial charge in [-0.05, 0) is 43.7 Å². The van der Waals surface area contributed by atoms with E-state index in [0.29, 0.717) is 5.69 Å². The molecule has 0 heterocycles. The second-order valence-electron chi connectivity index (χ2n) is 4.66. The summed E-state index contributed by atoms with van der Waals surface area (Å²) in [5, 5.41) is 2.71. The van der Waals surface area contributed by atoms with Crippen LogP contribution in [0.5, 0.6) is 0 Å². The minimum absolute atomic E-state index is 0.0242. The van der Waals surface area contributed by atoms with E-state index in [9.17, 15) is 4.79 Å². The van der Waals surface area contributed by atoms with Crippen molar-refractivity contribution >= 4 is 29.0 Å². The molecule has 0 aliphatic rings. The number of nitrogens with two attached hydrogens (primary N) is 1. The highest BCUT2D eigenvalue weighted by atomic mass is 32.2. The van der Waals surface area contributed by atoms with Crippen molar-refractivity contribution in [1.29, 1.82) is 0 Å². The highest BCUT2D eigenvalue weighted by Gasteiger charge is 2.15. The van der Waals surface area contributed by atoms with Gasteiger partial charge in [-0.25, -0.2) is 0 Å². The zero-order valence-electron chi connectivity index (χ0n) is 11.6. The van der Waals surface area contributed by atoms with Gasteiger partial charge in [0.05, 0.1) is 5.25 Å². The van der Waals surface area contributed by atoms with Crippen LogP contribution in [0.15, 0.2) is 53.4 Å². The molecule has 1 atom stereocenters. The van der Waals surface area contributed by atoms with Crippen LogP contribution >= 0.6 is 11.8 Å². The molecule has 0 saturated carbocycles. The van der Waals surface area contributed by atoms with Gasteiger partial charge in [0, 0.05) is 16.3 Å². The van der Waals surface area contributed by atoms with Crippen LogP contribution in [0, 0.1) is 6.92 Å².